The van der Waals surface area contributed by atoms with Crippen molar-refractivity contribution in [1.82, 2.24) is 9.78 Å². The largest absolute Gasteiger partial charge is 0.403 e. The minimum Gasteiger partial charge on any atom is -0.375 e. The molecular formula is C13H19N6+. The van der Waals surface area contributed by atoms with E-state index in [1.165, 1.54) is 5.69 Å². The predicted octanol–water partition coefficient (Wildman–Crippen LogP) is 2.12. The summed E-state index contributed by atoms with van der Waals surface area (Å²) in [5, 5.41) is 12.5. The molecule has 100 valence electrons. The molecule has 0 radical (unpaired) electrons. The van der Waals surface area contributed by atoms with Crippen LogP contribution in [0.5, 0.6) is 0 Å². The number of anilines is 1. The highest BCUT2D eigenvalue weighted by Crippen LogP contribution is 2.20. The number of aromatic nitrogens is 3. The lowest BCUT2D eigenvalue weighted by Crippen LogP contribution is -2.25. The Morgan fingerprint density at radius 2 is 1.95 bits per heavy atom. The van der Waals surface area contributed by atoms with Crippen molar-refractivity contribution in [2.24, 2.45) is 24.3 Å². The molecule has 0 bridgehead atoms. The molecule has 0 unspecified atom stereocenters. The summed E-state index contributed by atoms with van der Waals surface area (Å²) in [6.45, 7) is 3.10. The number of nitrogens with zero attached hydrogens (tertiary/aromatic N) is 6. The van der Waals surface area contributed by atoms with Crippen molar-refractivity contribution >= 4 is 17.3 Å². The second kappa shape index (κ2) is 5.60. The van der Waals surface area contributed by atoms with Crippen LogP contribution in [0.15, 0.2) is 40.8 Å². The van der Waals surface area contributed by atoms with Crippen LogP contribution < -0.4 is 9.47 Å². The number of benzene rings is 1. The van der Waals surface area contributed by atoms with Crippen molar-refractivity contribution in [3.8, 4) is 0 Å². The molecule has 1 aromatic carbocycles. The fourth-order valence-electron chi connectivity index (χ4n) is 1.68. The van der Waals surface area contributed by atoms with E-state index < -0.39 is 0 Å². The van der Waals surface area contributed by atoms with Crippen LogP contribution in [0.3, 0.4) is 0 Å². The third-order valence-corrected chi connectivity index (χ3v) is 3.02. The molecule has 6 nitrogen and oxygen atoms in total. The van der Waals surface area contributed by atoms with Gasteiger partial charge < -0.3 is 4.90 Å². The van der Waals surface area contributed by atoms with Crippen LogP contribution in [0.1, 0.15) is 6.92 Å². The average Bonchev–Trinajstić information content (AvgIpc) is 2.75. The monoisotopic (exact) mass is 259 g/mol. The standard InChI is InChI=1S/C13H19N6/c1-5-17(2)12-8-6-11(7-9-12)15-16-13-18(3)10-14-19(13)4/h6-10H,5H2,1-4H3/q+1. The van der Waals surface area contributed by atoms with Gasteiger partial charge in [-0.1, -0.05) is 5.11 Å². The molecule has 0 aliphatic heterocycles. The lowest BCUT2D eigenvalue weighted by molar-refractivity contribution is -0.659. The van der Waals surface area contributed by atoms with E-state index in [1.807, 2.05) is 42.9 Å². The zero-order valence-electron chi connectivity index (χ0n) is 11.8. The minimum atomic E-state index is 0.703. The van der Waals surface area contributed by atoms with Gasteiger partial charge in [-0.15, -0.1) is 4.68 Å². The second-order valence-electron chi connectivity index (χ2n) is 4.40. The first kappa shape index (κ1) is 13.2. The van der Waals surface area contributed by atoms with E-state index in [0.717, 1.165) is 12.2 Å². The maximum absolute atomic E-state index is 4.22. The lowest BCUT2D eigenvalue weighted by atomic mass is 10.2. The highest BCUT2D eigenvalue weighted by atomic mass is 15.4. The molecule has 0 aliphatic carbocycles. The molecule has 1 aromatic heterocycles. The summed E-state index contributed by atoms with van der Waals surface area (Å²) in [5.74, 6) is 0.703. The first-order valence-electron chi connectivity index (χ1n) is 6.22. The SMILES string of the molecule is CCN(C)c1ccc(N=Nc2n(C)nc[n+]2C)cc1. The van der Waals surface area contributed by atoms with Crippen molar-refractivity contribution in [2.75, 3.05) is 18.5 Å². The van der Waals surface area contributed by atoms with Gasteiger partial charge in [0.05, 0.1) is 19.8 Å². The molecule has 19 heavy (non-hydrogen) atoms. The van der Waals surface area contributed by atoms with Crippen LogP contribution in [0.2, 0.25) is 0 Å². The maximum atomic E-state index is 4.22. The Morgan fingerprint density at radius 1 is 1.26 bits per heavy atom. The molecule has 0 amide bonds. The quantitative estimate of drug-likeness (QED) is 0.623. The Labute approximate surface area is 113 Å². The Morgan fingerprint density at radius 3 is 2.47 bits per heavy atom. The smallest absolute Gasteiger partial charge is 0.375 e. The molecule has 0 spiro atoms. The number of azo groups is 1. The third kappa shape index (κ3) is 2.96. The number of rotatable bonds is 4. The zero-order chi connectivity index (χ0) is 13.8. The van der Waals surface area contributed by atoms with Gasteiger partial charge in [0.15, 0.2) is 0 Å². The van der Waals surface area contributed by atoms with Gasteiger partial charge in [-0.3, -0.25) is 0 Å². The van der Waals surface area contributed by atoms with Crippen LogP contribution >= 0.6 is 0 Å². The van der Waals surface area contributed by atoms with Gasteiger partial charge in [0.1, 0.15) is 0 Å². The van der Waals surface area contributed by atoms with E-state index in [-0.39, 0.29) is 0 Å². The van der Waals surface area contributed by atoms with E-state index in [0.29, 0.717) is 5.95 Å². The summed E-state index contributed by atoms with van der Waals surface area (Å²) in [4.78, 5) is 2.17. The molecule has 0 saturated carbocycles. The molecule has 6 heteroatoms. The molecule has 0 atom stereocenters. The van der Waals surface area contributed by atoms with E-state index in [1.54, 1.807) is 11.0 Å². The lowest BCUT2D eigenvalue weighted by Gasteiger charge is -2.16. The third-order valence-electron chi connectivity index (χ3n) is 3.02. The summed E-state index contributed by atoms with van der Waals surface area (Å²) in [6, 6.07) is 8.00. The normalized spacial score (nSPS) is 11.2. The number of aryl methyl sites for hydroxylation is 2. The van der Waals surface area contributed by atoms with Crippen molar-refractivity contribution in [3.63, 3.8) is 0 Å². The van der Waals surface area contributed by atoms with E-state index in [2.05, 4.69) is 34.2 Å². The van der Waals surface area contributed by atoms with Crippen LogP contribution in [-0.2, 0) is 14.1 Å². The molecule has 0 aliphatic rings. The first-order valence-corrected chi connectivity index (χ1v) is 6.22. The van der Waals surface area contributed by atoms with E-state index >= 15 is 0 Å². The highest BCUT2D eigenvalue weighted by molar-refractivity contribution is 5.52. The predicted molar refractivity (Wildman–Crippen MR) is 73.9 cm³/mol. The Hall–Kier alpha value is -2.24. The fraction of sp³-hybridized carbons (Fsp3) is 0.385. The van der Waals surface area contributed by atoms with Crippen LogP contribution in [-0.4, -0.2) is 23.4 Å². The van der Waals surface area contributed by atoms with Crippen molar-refractivity contribution in [2.45, 2.75) is 6.92 Å². The molecule has 1 heterocycles. The fourth-order valence-corrected chi connectivity index (χ4v) is 1.68. The molecule has 2 aromatic rings. The highest BCUT2D eigenvalue weighted by Gasteiger charge is 2.11. The Bertz CT molecular complexity index is 550. The molecular weight excluding hydrogens is 240 g/mol. The van der Waals surface area contributed by atoms with Gasteiger partial charge in [0, 0.05) is 24.4 Å². The molecule has 0 saturated heterocycles. The summed E-state index contributed by atoms with van der Waals surface area (Å²) >= 11 is 0. The molecule has 0 fully saturated rings. The van der Waals surface area contributed by atoms with Crippen molar-refractivity contribution in [1.29, 1.82) is 0 Å². The summed E-state index contributed by atoms with van der Waals surface area (Å²) in [6.07, 6.45) is 1.70. The second-order valence-corrected chi connectivity index (χ2v) is 4.40. The van der Waals surface area contributed by atoms with E-state index in [9.17, 15) is 0 Å². The first-order chi connectivity index (χ1) is 9.11. The summed E-state index contributed by atoms with van der Waals surface area (Å²) in [7, 11) is 5.79. The van der Waals surface area contributed by atoms with Gasteiger partial charge in [-0.05, 0) is 36.3 Å². The van der Waals surface area contributed by atoms with Gasteiger partial charge in [0.2, 0.25) is 6.33 Å². The van der Waals surface area contributed by atoms with Gasteiger partial charge >= 0.3 is 5.95 Å². The molecule has 2 rings (SSSR count). The van der Waals surface area contributed by atoms with Crippen LogP contribution in [0, 0.1) is 0 Å². The van der Waals surface area contributed by atoms with Gasteiger partial charge in [-0.25, -0.2) is 4.57 Å². The summed E-state index contributed by atoms with van der Waals surface area (Å²) in [5.41, 5.74) is 2.00. The number of hydrogen-bond acceptors (Lipinski definition) is 4. The maximum Gasteiger partial charge on any atom is 0.403 e. The number of hydrogen-bond donors (Lipinski definition) is 0. The average molecular weight is 259 g/mol. The zero-order valence-corrected chi connectivity index (χ0v) is 11.8. The summed E-state index contributed by atoms with van der Waals surface area (Å²) < 4.78 is 3.51. The Balaban J connectivity index is 2.16. The van der Waals surface area contributed by atoms with Gasteiger partial charge in [-0.2, -0.15) is 0 Å². The van der Waals surface area contributed by atoms with Crippen LogP contribution in [0.4, 0.5) is 17.3 Å². The minimum absolute atomic E-state index is 0.703. The topological polar surface area (TPSA) is 49.7 Å². The van der Waals surface area contributed by atoms with Crippen molar-refractivity contribution in [3.05, 3.63) is 30.6 Å². The van der Waals surface area contributed by atoms with Crippen LogP contribution in [0.25, 0.3) is 0 Å². The molecule has 0 N–H and O–H groups in total. The van der Waals surface area contributed by atoms with E-state index in [4.69, 9.17) is 0 Å². The Kier molecular flexibility index (Phi) is 3.89. The van der Waals surface area contributed by atoms with Gasteiger partial charge in [0.25, 0.3) is 0 Å². The van der Waals surface area contributed by atoms with Crippen molar-refractivity contribution < 1.29 is 4.57 Å².